The third-order valence-corrected chi connectivity index (χ3v) is 2.58. The van der Waals surface area contributed by atoms with E-state index in [1.165, 1.54) is 8.38 Å². The average Bonchev–Trinajstić information content (AvgIpc) is 1.86. The van der Waals surface area contributed by atoms with Gasteiger partial charge in [0.25, 0.3) is 0 Å². The van der Waals surface area contributed by atoms with Crippen molar-refractivity contribution in [2.45, 2.75) is 26.2 Å². The number of hydrogen-bond donors (Lipinski definition) is 0. The zero-order valence-corrected chi connectivity index (χ0v) is 9.81. The van der Waals surface area contributed by atoms with E-state index in [1.54, 1.807) is 0 Å². The van der Waals surface area contributed by atoms with Crippen LogP contribution in [0.1, 0.15) is 26.3 Å². The Morgan fingerprint density at radius 1 is 1.00 bits per heavy atom. The van der Waals surface area contributed by atoms with Gasteiger partial charge in [-0.15, -0.1) is 0 Å². The zero-order valence-electron chi connectivity index (χ0n) is 7.81. The molecule has 0 fully saturated rings. The summed E-state index contributed by atoms with van der Waals surface area (Å²) in [5, 5.41) is 0. The summed E-state index contributed by atoms with van der Waals surface area (Å²) in [6, 6.07) is 8.93. The first kappa shape index (κ1) is 9.31. The molecule has 0 spiro atoms. The molecule has 0 N–H and O–H groups in total. The third-order valence-electron chi connectivity index (χ3n) is 1.92. The predicted octanol–water partition coefficient (Wildman–Crippen LogP) is 1.78. The molecule has 0 aromatic heterocycles. The van der Waals surface area contributed by atoms with Gasteiger partial charge >= 0.3 is 86.8 Å². The van der Waals surface area contributed by atoms with Crippen LogP contribution in [0.4, 0.5) is 0 Å². The Bertz CT molecular complexity index is 228. The molecule has 0 amide bonds. The van der Waals surface area contributed by atoms with Gasteiger partial charge in [-0.05, 0) is 0 Å². The Hall–Kier alpha value is 0.220. The average molecular weight is 156 g/mol. The quantitative estimate of drug-likeness (QED) is 0.502. The van der Waals surface area contributed by atoms with E-state index in [2.05, 4.69) is 45.0 Å². The van der Waals surface area contributed by atoms with Crippen LogP contribution in [0.15, 0.2) is 24.3 Å². The minimum absolute atomic E-state index is 0.301. The first-order valence-corrected chi connectivity index (χ1v) is 5.07. The molecule has 1 heteroatoms. The molecule has 0 saturated carbocycles. The summed E-state index contributed by atoms with van der Waals surface area (Å²) >= 11 is 1.16. The van der Waals surface area contributed by atoms with Crippen LogP contribution in [-0.4, -0.2) is 27.9 Å². The molecule has 11 heavy (non-hydrogen) atoms. The van der Waals surface area contributed by atoms with Gasteiger partial charge in [-0.2, -0.15) is 0 Å². The SMILES string of the molecule is CC(C)(C)c1cc[c]([Na])cc1. The van der Waals surface area contributed by atoms with Crippen molar-refractivity contribution < 1.29 is 0 Å². The van der Waals surface area contributed by atoms with Gasteiger partial charge in [-0.25, -0.2) is 0 Å². The Morgan fingerprint density at radius 2 is 1.45 bits per heavy atom. The van der Waals surface area contributed by atoms with Gasteiger partial charge in [0.1, 0.15) is 0 Å². The van der Waals surface area contributed by atoms with Gasteiger partial charge in [-0.1, -0.05) is 0 Å². The number of benzene rings is 1. The molecule has 0 aliphatic heterocycles. The molecule has 0 nitrogen and oxygen atoms in total. The predicted molar refractivity (Wildman–Crippen MR) is 50.5 cm³/mol. The number of rotatable bonds is 0. The van der Waals surface area contributed by atoms with Gasteiger partial charge in [0, 0.05) is 0 Å². The van der Waals surface area contributed by atoms with Crippen LogP contribution in [0.5, 0.6) is 0 Å². The molecule has 0 unspecified atom stereocenters. The summed E-state index contributed by atoms with van der Waals surface area (Å²) < 4.78 is 1.47. The third kappa shape index (κ3) is 2.62. The van der Waals surface area contributed by atoms with Crippen LogP contribution >= 0.6 is 0 Å². The van der Waals surface area contributed by atoms with Gasteiger partial charge in [-0.3, -0.25) is 0 Å². The van der Waals surface area contributed by atoms with Crippen molar-refractivity contribution in [3.05, 3.63) is 29.8 Å². The molecule has 0 radical (unpaired) electrons. The molecule has 0 aliphatic rings. The fraction of sp³-hybridized carbons (Fsp3) is 0.400. The molecule has 1 aromatic carbocycles. The van der Waals surface area contributed by atoms with Crippen molar-refractivity contribution in [1.82, 2.24) is 0 Å². The van der Waals surface area contributed by atoms with Gasteiger partial charge in [0.2, 0.25) is 0 Å². The summed E-state index contributed by atoms with van der Waals surface area (Å²) in [6.45, 7) is 6.74. The van der Waals surface area contributed by atoms with E-state index in [1.807, 2.05) is 0 Å². The second-order valence-corrected chi connectivity index (χ2v) is 5.27. The van der Waals surface area contributed by atoms with Gasteiger partial charge < -0.3 is 0 Å². The molecule has 54 valence electrons. The van der Waals surface area contributed by atoms with Gasteiger partial charge in [0.15, 0.2) is 0 Å². The van der Waals surface area contributed by atoms with Crippen LogP contribution in [-0.2, 0) is 5.41 Å². The fourth-order valence-electron chi connectivity index (χ4n) is 1.05. The molecule has 0 bridgehead atoms. The van der Waals surface area contributed by atoms with Crippen LogP contribution < -0.4 is 2.81 Å². The normalized spacial score (nSPS) is 11.7. The van der Waals surface area contributed by atoms with Crippen LogP contribution in [0.3, 0.4) is 0 Å². The molecule has 0 saturated heterocycles. The zero-order chi connectivity index (χ0) is 8.48. The number of hydrogen-bond acceptors (Lipinski definition) is 0. The summed E-state index contributed by atoms with van der Waals surface area (Å²) in [6.07, 6.45) is 0. The van der Waals surface area contributed by atoms with E-state index in [0.29, 0.717) is 5.41 Å². The topological polar surface area (TPSA) is 0 Å². The van der Waals surface area contributed by atoms with Crippen molar-refractivity contribution >= 4 is 30.7 Å². The summed E-state index contributed by atoms with van der Waals surface area (Å²) in [7, 11) is 0. The van der Waals surface area contributed by atoms with Crippen LogP contribution in [0.25, 0.3) is 0 Å². The summed E-state index contributed by atoms with van der Waals surface area (Å²) in [5.74, 6) is 0. The molecule has 1 rings (SSSR count). The van der Waals surface area contributed by atoms with E-state index in [0.717, 1.165) is 27.9 Å². The second kappa shape index (κ2) is 3.30. The fourth-order valence-corrected chi connectivity index (χ4v) is 1.39. The maximum atomic E-state index is 2.25. The van der Waals surface area contributed by atoms with E-state index < -0.39 is 0 Å². The van der Waals surface area contributed by atoms with E-state index in [9.17, 15) is 0 Å². The molecule has 0 aliphatic carbocycles. The maximum absolute atomic E-state index is 2.25. The molecular formula is C10H13Na. The van der Waals surface area contributed by atoms with E-state index in [-0.39, 0.29) is 0 Å². The molecule has 1 aromatic rings. The Balaban J connectivity index is 2.99. The summed E-state index contributed by atoms with van der Waals surface area (Å²) in [4.78, 5) is 0. The monoisotopic (exact) mass is 156 g/mol. The Labute approximate surface area is 86.4 Å². The molecule has 0 atom stereocenters. The van der Waals surface area contributed by atoms with Crippen LogP contribution in [0.2, 0.25) is 0 Å². The first-order valence-electron chi connectivity index (χ1n) is 4.07. The second-order valence-electron chi connectivity index (χ2n) is 4.12. The molecular weight excluding hydrogens is 143 g/mol. The van der Waals surface area contributed by atoms with Crippen molar-refractivity contribution in [3.63, 3.8) is 0 Å². The minimum atomic E-state index is 0.301. The van der Waals surface area contributed by atoms with Crippen molar-refractivity contribution in [1.29, 1.82) is 0 Å². The summed E-state index contributed by atoms with van der Waals surface area (Å²) in [5.41, 5.74) is 1.73. The standard InChI is InChI=1S/C10H13.Na/c1-10(2,3)9-7-5-4-6-8-9;/h5-8H,1-3H3;. The van der Waals surface area contributed by atoms with Crippen molar-refractivity contribution in [3.8, 4) is 0 Å². The molecule has 0 heterocycles. The first-order chi connectivity index (χ1) is 5.00. The Kier molecular flexibility index (Phi) is 2.79. The van der Waals surface area contributed by atoms with Crippen LogP contribution in [0, 0.1) is 0 Å². The van der Waals surface area contributed by atoms with E-state index >= 15 is 0 Å². The van der Waals surface area contributed by atoms with Gasteiger partial charge in [0.05, 0.1) is 0 Å². The van der Waals surface area contributed by atoms with E-state index in [4.69, 9.17) is 0 Å². The Morgan fingerprint density at radius 3 is 1.82 bits per heavy atom. The van der Waals surface area contributed by atoms with Crippen molar-refractivity contribution in [2.24, 2.45) is 0 Å². The van der Waals surface area contributed by atoms with Crippen molar-refractivity contribution in [2.75, 3.05) is 0 Å².